The van der Waals surface area contributed by atoms with Gasteiger partial charge in [0.1, 0.15) is 0 Å². The number of carbonyl (C=O) groups is 2. The van der Waals surface area contributed by atoms with Gasteiger partial charge in [0.25, 0.3) is 0 Å². The summed E-state index contributed by atoms with van der Waals surface area (Å²) >= 11 is 0. The van der Waals surface area contributed by atoms with Crippen LogP contribution in [0.25, 0.3) is 0 Å². The van der Waals surface area contributed by atoms with E-state index in [1.54, 1.807) is 0 Å². The minimum atomic E-state index is -0.822. The molecule has 1 aliphatic rings. The van der Waals surface area contributed by atoms with E-state index in [2.05, 4.69) is 10.6 Å². The molecular weight excluding hydrogens is 256 g/mol. The van der Waals surface area contributed by atoms with Crippen LogP contribution in [0.1, 0.15) is 59.3 Å². The van der Waals surface area contributed by atoms with E-state index in [1.165, 1.54) is 0 Å². The van der Waals surface area contributed by atoms with Crippen molar-refractivity contribution in [1.82, 2.24) is 10.6 Å². The Balaban J connectivity index is 2.19. The van der Waals surface area contributed by atoms with Crippen LogP contribution in [0, 0.1) is 5.41 Å². The van der Waals surface area contributed by atoms with E-state index in [4.69, 9.17) is 0 Å². The molecule has 0 aromatic rings. The van der Waals surface area contributed by atoms with Crippen LogP contribution in [0.2, 0.25) is 0 Å². The smallest absolute Gasteiger partial charge is 0.225 e. The molecule has 0 aromatic carbocycles. The van der Waals surface area contributed by atoms with Crippen molar-refractivity contribution >= 4 is 11.8 Å². The van der Waals surface area contributed by atoms with Gasteiger partial charge in [-0.05, 0) is 12.8 Å². The molecule has 0 atom stereocenters. The predicted octanol–water partition coefficient (Wildman–Crippen LogP) is 1.35. The summed E-state index contributed by atoms with van der Waals surface area (Å²) in [5, 5.41) is 15.8. The van der Waals surface area contributed by atoms with Gasteiger partial charge in [0.15, 0.2) is 0 Å². The van der Waals surface area contributed by atoms with E-state index >= 15 is 0 Å². The number of hydrogen-bond acceptors (Lipinski definition) is 3. The van der Waals surface area contributed by atoms with Gasteiger partial charge in [0.2, 0.25) is 11.8 Å². The molecule has 0 aromatic heterocycles. The number of rotatable bonds is 5. The lowest BCUT2D eigenvalue weighted by atomic mass is 9.82. The molecule has 0 unspecified atom stereocenters. The summed E-state index contributed by atoms with van der Waals surface area (Å²) in [5.41, 5.74) is -1.24. The van der Waals surface area contributed by atoms with Crippen LogP contribution in [0.5, 0.6) is 0 Å². The summed E-state index contributed by atoms with van der Waals surface area (Å²) in [7, 11) is 0. The minimum absolute atomic E-state index is 0.0299. The monoisotopic (exact) mass is 284 g/mol. The van der Waals surface area contributed by atoms with Crippen LogP contribution < -0.4 is 10.6 Å². The van der Waals surface area contributed by atoms with Crippen LogP contribution in [0.3, 0.4) is 0 Å². The second-order valence-electron chi connectivity index (χ2n) is 6.82. The zero-order valence-electron chi connectivity index (χ0n) is 12.9. The Hall–Kier alpha value is -1.10. The molecule has 1 fully saturated rings. The van der Waals surface area contributed by atoms with E-state index in [-0.39, 0.29) is 18.2 Å². The maximum Gasteiger partial charge on any atom is 0.225 e. The third-order valence-corrected chi connectivity index (χ3v) is 3.69. The van der Waals surface area contributed by atoms with Crippen LogP contribution in [0.15, 0.2) is 0 Å². The molecule has 20 heavy (non-hydrogen) atoms. The highest BCUT2D eigenvalue weighted by Gasteiger charge is 2.31. The second-order valence-corrected chi connectivity index (χ2v) is 6.82. The molecular formula is C15H28N2O3. The fraction of sp³-hybridized carbons (Fsp3) is 0.867. The first-order valence-electron chi connectivity index (χ1n) is 7.50. The highest BCUT2D eigenvalue weighted by atomic mass is 16.3. The maximum absolute atomic E-state index is 11.8. The molecule has 116 valence electrons. The van der Waals surface area contributed by atoms with Crippen molar-refractivity contribution in [2.24, 2.45) is 5.41 Å². The zero-order valence-corrected chi connectivity index (χ0v) is 12.9. The maximum atomic E-state index is 11.8. The van der Waals surface area contributed by atoms with Gasteiger partial charge >= 0.3 is 0 Å². The highest BCUT2D eigenvalue weighted by Crippen LogP contribution is 2.30. The average molecular weight is 284 g/mol. The first-order chi connectivity index (χ1) is 9.23. The molecule has 5 heteroatoms. The molecule has 2 amide bonds. The Morgan fingerprint density at radius 2 is 1.60 bits per heavy atom. The van der Waals surface area contributed by atoms with E-state index in [0.29, 0.717) is 25.9 Å². The Morgan fingerprint density at radius 1 is 1.05 bits per heavy atom. The number of nitrogens with one attached hydrogen (secondary N) is 2. The Morgan fingerprint density at radius 3 is 2.15 bits per heavy atom. The van der Waals surface area contributed by atoms with Gasteiger partial charge in [0.05, 0.1) is 12.0 Å². The Kier molecular flexibility index (Phi) is 5.99. The zero-order chi connectivity index (χ0) is 15.2. The van der Waals surface area contributed by atoms with E-state index < -0.39 is 11.0 Å². The van der Waals surface area contributed by atoms with E-state index in [1.807, 2.05) is 20.8 Å². The molecule has 0 saturated heterocycles. The Bertz CT molecular complexity index is 342. The van der Waals surface area contributed by atoms with Gasteiger partial charge in [-0.1, -0.05) is 40.0 Å². The van der Waals surface area contributed by atoms with Crippen LogP contribution >= 0.6 is 0 Å². The highest BCUT2D eigenvalue weighted by molar-refractivity contribution is 5.81. The van der Waals surface area contributed by atoms with Gasteiger partial charge in [-0.15, -0.1) is 0 Å². The summed E-state index contributed by atoms with van der Waals surface area (Å²) in [5.74, 6) is -0.169. The lowest BCUT2D eigenvalue weighted by Crippen LogP contribution is -2.42. The SMILES string of the molecule is CC(C)(C)C(=O)NCCNC(=O)CC1(O)CCCCC1. The fourth-order valence-corrected chi connectivity index (χ4v) is 2.39. The van der Waals surface area contributed by atoms with Gasteiger partial charge in [-0.3, -0.25) is 9.59 Å². The topological polar surface area (TPSA) is 78.4 Å². The molecule has 0 bridgehead atoms. The van der Waals surface area contributed by atoms with Crippen molar-refractivity contribution in [2.45, 2.75) is 64.9 Å². The van der Waals surface area contributed by atoms with Gasteiger partial charge in [-0.25, -0.2) is 0 Å². The first-order valence-corrected chi connectivity index (χ1v) is 7.50. The summed E-state index contributed by atoms with van der Waals surface area (Å²) in [4.78, 5) is 23.4. The number of amides is 2. The normalized spacial score (nSPS) is 18.4. The van der Waals surface area contributed by atoms with Crippen LogP contribution in [-0.2, 0) is 9.59 Å². The van der Waals surface area contributed by atoms with Crippen molar-refractivity contribution in [2.75, 3.05) is 13.1 Å². The quantitative estimate of drug-likeness (QED) is 0.667. The van der Waals surface area contributed by atoms with E-state index in [0.717, 1.165) is 19.3 Å². The molecule has 1 saturated carbocycles. The fourth-order valence-electron chi connectivity index (χ4n) is 2.39. The standard InChI is InChI=1S/C15H28N2O3/c1-14(2,3)13(19)17-10-9-16-12(18)11-15(20)7-5-4-6-8-15/h20H,4-11H2,1-3H3,(H,16,18)(H,17,19). The van der Waals surface area contributed by atoms with Crippen LogP contribution in [0.4, 0.5) is 0 Å². The van der Waals surface area contributed by atoms with Gasteiger partial charge in [-0.2, -0.15) is 0 Å². The lowest BCUT2D eigenvalue weighted by Gasteiger charge is -2.31. The molecule has 0 radical (unpaired) electrons. The summed E-state index contributed by atoms with van der Waals surface area (Å²) in [6.07, 6.45) is 4.71. The summed E-state index contributed by atoms with van der Waals surface area (Å²) < 4.78 is 0. The molecule has 1 rings (SSSR count). The third kappa shape index (κ3) is 5.90. The number of hydrogen-bond donors (Lipinski definition) is 3. The largest absolute Gasteiger partial charge is 0.389 e. The minimum Gasteiger partial charge on any atom is -0.389 e. The molecule has 3 N–H and O–H groups in total. The first kappa shape index (κ1) is 17.0. The molecule has 1 aliphatic carbocycles. The second kappa shape index (κ2) is 7.07. The van der Waals surface area contributed by atoms with Crippen molar-refractivity contribution < 1.29 is 14.7 Å². The summed E-state index contributed by atoms with van der Waals surface area (Å²) in [6, 6.07) is 0. The number of carbonyl (C=O) groups excluding carboxylic acids is 2. The van der Waals surface area contributed by atoms with Crippen molar-refractivity contribution in [1.29, 1.82) is 0 Å². The van der Waals surface area contributed by atoms with Crippen LogP contribution in [-0.4, -0.2) is 35.6 Å². The van der Waals surface area contributed by atoms with E-state index in [9.17, 15) is 14.7 Å². The lowest BCUT2D eigenvalue weighted by molar-refractivity contribution is -0.129. The molecule has 0 heterocycles. The molecule has 0 spiro atoms. The van der Waals surface area contributed by atoms with Crippen molar-refractivity contribution in [3.05, 3.63) is 0 Å². The average Bonchev–Trinajstić information content (AvgIpc) is 2.33. The molecule has 0 aliphatic heterocycles. The van der Waals surface area contributed by atoms with Gasteiger partial charge in [0, 0.05) is 18.5 Å². The third-order valence-electron chi connectivity index (χ3n) is 3.69. The predicted molar refractivity (Wildman–Crippen MR) is 78.1 cm³/mol. The molecule has 5 nitrogen and oxygen atoms in total. The number of aliphatic hydroxyl groups is 1. The van der Waals surface area contributed by atoms with Crippen molar-refractivity contribution in [3.8, 4) is 0 Å². The van der Waals surface area contributed by atoms with Crippen molar-refractivity contribution in [3.63, 3.8) is 0 Å². The van der Waals surface area contributed by atoms with Gasteiger partial charge < -0.3 is 15.7 Å². The Labute approximate surface area is 121 Å². The summed E-state index contributed by atoms with van der Waals surface area (Å²) in [6.45, 7) is 6.36.